The van der Waals surface area contributed by atoms with E-state index in [0.29, 0.717) is 10.6 Å². The highest BCUT2D eigenvalue weighted by molar-refractivity contribution is 7.46. The highest BCUT2D eigenvalue weighted by Gasteiger charge is 2.33. The average Bonchev–Trinajstić information content (AvgIpc) is 2.94. The quantitative estimate of drug-likeness (QED) is 0.192. The summed E-state index contributed by atoms with van der Waals surface area (Å²) in [7, 11) is -3.27. The lowest BCUT2D eigenvalue weighted by molar-refractivity contribution is -0.172. The molecule has 1 fully saturated rings. The smallest absolute Gasteiger partial charge is 0.353 e. The third-order valence-electron chi connectivity index (χ3n) is 3.36. The Morgan fingerprint density at radius 1 is 1.31 bits per heavy atom. The van der Waals surface area contributed by atoms with Gasteiger partial charge in [-0.05, 0) is 11.6 Å². The number of carbonyl (C=O) groups excluding carboxylic acids is 4. The van der Waals surface area contributed by atoms with Crippen molar-refractivity contribution < 1.29 is 42.9 Å². The molecule has 1 saturated heterocycles. The molecule has 0 atom stereocenters. The molecule has 160 valence electrons. The van der Waals surface area contributed by atoms with Gasteiger partial charge in [0.05, 0.1) is 13.0 Å². The van der Waals surface area contributed by atoms with Crippen LogP contribution in [0.1, 0.15) is 19.3 Å². The third kappa shape index (κ3) is 9.30. The van der Waals surface area contributed by atoms with Crippen LogP contribution in [0.5, 0.6) is 0 Å². The maximum atomic E-state index is 11.9. The van der Waals surface area contributed by atoms with E-state index in [2.05, 4.69) is 16.4 Å². The Hall–Kier alpha value is -2.79. The molecule has 0 aromatic rings. The first kappa shape index (κ1) is 24.2. The first-order valence-corrected chi connectivity index (χ1v) is 9.83. The van der Waals surface area contributed by atoms with Gasteiger partial charge in [-0.2, -0.15) is 0 Å². The van der Waals surface area contributed by atoms with Crippen LogP contribution in [-0.2, 0) is 28.3 Å². The molecule has 1 heterocycles. The molecule has 3 N–H and O–H groups in total. The summed E-state index contributed by atoms with van der Waals surface area (Å²) in [4.78, 5) is 69.5. The molecular weight excluding hydrogens is 409 g/mol. The number of hydrogen-bond donors (Lipinski definition) is 3. The van der Waals surface area contributed by atoms with Crippen LogP contribution in [0.3, 0.4) is 0 Å². The van der Waals surface area contributed by atoms with Gasteiger partial charge in [-0.25, -0.2) is 9.36 Å². The van der Waals surface area contributed by atoms with Crippen molar-refractivity contribution in [3.05, 3.63) is 36.6 Å². The fourth-order valence-electron chi connectivity index (χ4n) is 2.00. The number of nitrogens with one attached hydrogen (secondary N) is 1. The first-order valence-electron chi connectivity index (χ1n) is 8.30. The number of phosphoric ester groups is 1. The molecule has 29 heavy (non-hydrogen) atoms. The maximum absolute atomic E-state index is 11.9. The molecule has 0 unspecified atom stereocenters. The standard InChI is InChI=1S/C16H22N3O9P/c1-3-4-12(11-13(20)17-8-10-27-29(24,25)26)7-9-18(2)16(23)28-19-14(21)5-6-15(19)22/h3-4,7,9H,1,5-6,8,10-11H2,2H3,(H,17,20)(H2,24,25,26)/b9-7-,12-4+. The summed E-state index contributed by atoms with van der Waals surface area (Å²) in [6.45, 7) is 3.04. The van der Waals surface area contributed by atoms with Gasteiger partial charge in [0.15, 0.2) is 0 Å². The topological polar surface area (TPSA) is 163 Å². The minimum atomic E-state index is -4.60. The predicted molar refractivity (Wildman–Crippen MR) is 98.4 cm³/mol. The van der Waals surface area contributed by atoms with Gasteiger partial charge < -0.3 is 19.9 Å². The van der Waals surface area contributed by atoms with Gasteiger partial charge >= 0.3 is 13.9 Å². The van der Waals surface area contributed by atoms with Crippen LogP contribution < -0.4 is 5.32 Å². The van der Waals surface area contributed by atoms with Gasteiger partial charge in [0.25, 0.3) is 11.8 Å². The molecule has 0 spiro atoms. The number of amides is 4. The number of rotatable bonds is 10. The molecule has 0 radical (unpaired) electrons. The minimum Gasteiger partial charge on any atom is -0.353 e. The van der Waals surface area contributed by atoms with E-state index in [1.807, 2.05) is 0 Å². The number of hydroxylamine groups is 2. The zero-order chi connectivity index (χ0) is 22.0. The van der Waals surface area contributed by atoms with Crippen molar-refractivity contribution in [3.63, 3.8) is 0 Å². The SMILES string of the molecule is C=C/C=C(\C=C/N(C)C(=O)ON1C(=O)CCC1=O)CC(=O)NCCOP(=O)(O)O. The minimum absolute atomic E-state index is 0.0216. The molecular formula is C16H22N3O9P. The monoisotopic (exact) mass is 431 g/mol. The molecule has 0 saturated carbocycles. The number of allylic oxidation sites excluding steroid dienone is 3. The summed E-state index contributed by atoms with van der Waals surface area (Å²) < 4.78 is 14.7. The molecule has 1 aliphatic heterocycles. The molecule has 0 bridgehead atoms. The van der Waals surface area contributed by atoms with Crippen LogP contribution in [0.25, 0.3) is 0 Å². The Balaban J connectivity index is 2.54. The Morgan fingerprint density at radius 3 is 2.48 bits per heavy atom. The largest absolute Gasteiger partial charge is 0.469 e. The fraction of sp³-hybridized carbons (Fsp3) is 0.375. The summed E-state index contributed by atoms with van der Waals surface area (Å²) in [6.07, 6.45) is 4.48. The summed E-state index contributed by atoms with van der Waals surface area (Å²) in [5, 5.41) is 2.83. The molecule has 13 heteroatoms. The molecule has 12 nitrogen and oxygen atoms in total. The maximum Gasteiger partial charge on any atom is 0.469 e. The molecule has 0 aromatic heterocycles. The molecule has 4 amide bonds. The molecule has 1 rings (SSSR count). The van der Waals surface area contributed by atoms with E-state index in [0.717, 1.165) is 4.90 Å². The van der Waals surface area contributed by atoms with Crippen molar-refractivity contribution >= 4 is 31.6 Å². The third-order valence-corrected chi connectivity index (χ3v) is 3.87. The van der Waals surface area contributed by atoms with Crippen LogP contribution in [0.4, 0.5) is 4.79 Å². The van der Waals surface area contributed by atoms with Crippen LogP contribution >= 0.6 is 7.82 Å². The van der Waals surface area contributed by atoms with E-state index in [1.54, 1.807) is 0 Å². The Kier molecular flexibility index (Phi) is 9.42. The van der Waals surface area contributed by atoms with Gasteiger partial charge in [-0.15, -0.1) is 5.06 Å². The predicted octanol–water partition coefficient (Wildman–Crippen LogP) is 0.360. The van der Waals surface area contributed by atoms with Crippen molar-refractivity contribution in [1.82, 2.24) is 15.3 Å². The van der Waals surface area contributed by atoms with E-state index in [1.165, 1.54) is 31.5 Å². The van der Waals surface area contributed by atoms with Crippen LogP contribution in [0.2, 0.25) is 0 Å². The highest BCUT2D eigenvalue weighted by atomic mass is 31.2. The lowest BCUT2D eigenvalue weighted by Gasteiger charge is -2.17. The zero-order valence-electron chi connectivity index (χ0n) is 15.6. The Morgan fingerprint density at radius 2 is 1.93 bits per heavy atom. The van der Waals surface area contributed by atoms with E-state index in [4.69, 9.17) is 14.6 Å². The van der Waals surface area contributed by atoms with Crippen LogP contribution in [0.15, 0.2) is 36.6 Å². The fourth-order valence-corrected chi connectivity index (χ4v) is 2.33. The molecule has 0 aliphatic carbocycles. The van der Waals surface area contributed by atoms with Crippen molar-refractivity contribution in [2.75, 3.05) is 20.2 Å². The summed E-state index contributed by atoms with van der Waals surface area (Å²) in [5.41, 5.74) is 0.446. The Labute approximate surface area is 166 Å². The van der Waals surface area contributed by atoms with E-state index < -0.39 is 31.6 Å². The van der Waals surface area contributed by atoms with Gasteiger partial charge in [0, 0.05) is 32.6 Å². The number of hydrogen-bond acceptors (Lipinski definition) is 7. The van der Waals surface area contributed by atoms with Crippen molar-refractivity contribution in [3.8, 4) is 0 Å². The van der Waals surface area contributed by atoms with E-state index in [9.17, 15) is 23.7 Å². The summed E-state index contributed by atoms with van der Waals surface area (Å²) in [5.74, 6) is -1.67. The summed E-state index contributed by atoms with van der Waals surface area (Å²) >= 11 is 0. The lowest BCUT2D eigenvalue weighted by Crippen LogP contribution is -2.36. The number of phosphoric acid groups is 1. The zero-order valence-corrected chi connectivity index (χ0v) is 16.5. The average molecular weight is 431 g/mol. The van der Waals surface area contributed by atoms with E-state index in [-0.39, 0.29) is 32.4 Å². The first-order chi connectivity index (χ1) is 13.5. The molecule has 0 aromatic carbocycles. The van der Waals surface area contributed by atoms with Crippen molar-refractivity contribution in [2.24, 2.45) is 0 Å². The van der Waals surface area contributed by atoms with Crippen LogP contribution in [0, 0.1) is 0 Å². The second kappa shape index (κ2) is 11.3. The second-order valence-corrected chi connectivity index (χ2v) is 6.93. The summed E-state index contributed by atoms with van der Waals surface area (Å²) in [6, 6.07) is 0. The number of carbonyl (C=O) groups is 4. The van der Waals surface area contributed by atoms with Crippen LogP contribution in [-0.4, -0.2) is 63.8 Å². The second-order valence-electron chi connectivity index (χ2n) is 5.69. The van der Waals surface area contributed by atoms with Gasteiger partial charge in [-0.3, -0.25) is 23.8 Å². The highest BCUT2D eigenvalue weighted by Crippen LogP contribution is 2.35. The molecule has 1 aliphatic rings. The normalized spacial score (nSPS) is 15.0. The lowest BCUT2D eigenvalue weighted by atomic mass is 10.1. The Bertz CT molecular complexity index is 756. The number of nitrogens with zero attached hydrogens (tertiary/aromatic N) is 2. The van der Waals surface area contributed by atoms with E-state index >= 15 is 0 Å². The van der Waals surface area contributed by atoms with Gasteiger partial charge in [0.2, 0.25) is 5.91 Å². The van der Waals surface area contributed by atoms with Crippen molar-refractivity contribution in [2.45, 2.75) is 19.3 Å². The van der Waals surface area contributed by atoms with Gasteiger partial charge in [-0.1, -0.05) is 18.7 Å². The van der Waals surface area contributed by atoms with Gasteiger partial charge in [0.1, 0.15) is 0 Å². The van der Waals surface area contributed by atoms with Crippen molar-refractivity contribution in [1.29, 1.82) is 0 Å². The number of imide groups is 1.